The van der Waals surface area contributed by atoms with Gasteiger partial charge in [0.15, 0.2) is 0 Å². The molecule has 1 aromatic rings. The molecule has 0 radical (unpaired) electrons. The summed E-state index contributed by atoms with van der Waals surface area (Å²) in [5.74, 6) is 0.837. The normalized spacial score (nSPS) is 24.5. The van der Waals surface area contributed by atoms with Crippen molar-refractivity contribution in [1.29, 1.82) is 0 Å². The van der Waals surface area contributed by atoms with Crippen molar-refractivity contribution in [3.63, 3.8) is 0 Å². The van der Waals surface area contributed by atoms with Crippen molar-refractivity contribution in [2.24, 2.45) is 17.8 Å². The highest BCUT2D eigenvalue weighted by Gasteiger charge is 2.51. The van der Waals surface area contributed by atoms with Crippen LogP contribution in [0.3, 0.4) is 0 Å². The molecule has 2 aliphatic carbocycles. The zero-order valence-corrected chi connectivity index (χ0v) is 12.4. The molecular formula is C17H21NO3. The molecule has 0 bridgehead atoms. The Morgan fingerprint density at radius 2 is 1.81 bits per heavy atom. The second-order valence-corrected chi connectivity index (χ2v) is 6.84. The first-order valence-corrected chi connectivity index (χ1v) is 7.54. The van der Waals surface area contributed by atoms with Crippen molar-refractivity contribution in [1.82, 2.24) is 0 Å². The van der Waals surface area contributed by atoms with Crippen molar-refractivity contribution in [3.8, 4) is 0 Å². The van der Waals surface area contributed by atoms with Crippen LogP contribution in [-0.4, -0.2) is 17.0 Å². The fourth-order valence-corrected chi connectivity index (χ4v) is 2.89. The lowest BCUT2D eigenvalue weighted by Crippen LogP contribution is -2.28. The first kappa shape index (κ1) is 14.1. The minimum Gasteiger partial charge on any atom is -0.481 e. The molecule has 4 nitrogen and oxygen atoms in total. The van der Waals surface area contributed by atoms with Crippen molar-refractivity contribution < 1.29 is 14.7 Å². The predicted molar refractivity (Wildman–Crippen MR) is 80.1 cm³/mol. The highest BCUT2D eigenvalue weighted by Crippen LogP contribution is 2.54. The molecule has 1 amide bonds. The number of carboxylic acid groups (broad SMARTS) is 1. The molecule has 1 aromatic carbocycles. The van der Waals surface area contributed by atoms with Gasteiger partial charge in [0, 0.05) is 11.6 Å². The lowest BCUT2D eigenvalue weighted by atomic mass is 9.85. The fourth-order valence-electron chi connectivity index (χ4n) is 2.89. The van der Waals surface area contributed by atoms with E-state index in [-0.39, 0.29) is 11.8 Å². The summed E-state index contributed by atoms with van der Waals surface area (Å²) in [5, 5.41) is 12.1. The molecule has 2 unspecified atom stereocenters. The molecule has 112 valence electrons. The van der Waals surface area contributed by atoms with Crippen LogP contribution in [0.25, 0.3) is 0 Å². The molecule has 0 heterocycles. The summed E-state index contributed by atoms with van der Waals surface area (Å²) in [7, 11) is 0. The summed E-state index contributed by atoms with van der Waals surface area (Å²) in [4.78, 5) is 23.3. The van der Waals surface area contributed by atoms with E-state index in [1.807, 2.05) is 0 Å². The second-order valence-electron chi connectivity index (χ2n) is 6.84. The van der Waals surface area contributed by atoms with Crippen LogP contribution in [0.5, 0.6) is 0 Å². The second kappa shape index (κ2) is 4.86. The van der Waals surface area contributed by atoms with E-state index < -0.39 is 11.4 Å². The van der Waals surface area contributed by atoms with Gasteiger partial charge in [-0.25, -0.2) is 0 Å². The molecule has 2 saturated carbocycles. The molecule has 3 rings (SSSR count). The van der Waals surface area contributed by atoms with Crippen molar-refractivity contribution in [2.75, 3.05) is 5.32 Å². The monoisotopic (exact) mass is 287 g/mol. The first-order valence-electron chi connectivity index (χ1n) is 7.54. The Morgan fingerprint density at radius 1 is 1.19 bits per heavy atom. The van der Waals surface area contributed by atoms with Crippen LogP contribution in [0.15, 0.2) is 24.3 Å². The number of hydrogen-bond acceptors (Lipinski definition) is 2. The molecule has 2 fully saturated rings. The van der Waals surface area contributed by atoms with Crippen molar-refractivity contribution >= 4 is 17.6 Å². The van der Waals surface area contributed by atoms with Gasteiger partial charge in [-0.3, -0.25) is 9.59 Å². The summed E-state index contributed by atoms with van der Waals surface area (Å²) in [5.41, 5.74) is 0.553. The minimum atomic E-state index is -0.921. The number of rotatable bonds is 5. The molecule has 0 spiro atoms. The number of carbonyl (C=O) groups excluding carboxylic acids is 1. The maximum Gasteiger partial charge on any atom is 0.313 e. The maximum atomic E-state index is 12.1. The van der Waals surface area contributed by atoms with E-state index in [9.17, 15) is 14.7 Å². The Morgan fingerprint density at radius 3 is 2.33 bits per heavy atom. The Hall–Kier alpha value is -1.84. The van der Waals surface area contributed by atoms with E-state index in [1.54, 1.807) is 38.1 Å². The average molecular weight is 287 g/mol. The van der Waals surface area contributed by atoms with Gasteiger partial charge < -0.3 is 10.4 Å². The maximum absolute atomic E-state index is 12.1. The van der Waals surface area contributed by atoms with Gasteiger partial charge in [-0.2, -0.15) is 0 Å². The third kappa shape index (κ3) is 2.80. The van der Waals surface area contributed by atoms with Crippen LogP contribution >= 0.6 is 0 Å². The summed E-state index contributed by atoms with van der Waals surface area (Å²) in [6, 6.07) is 7.11. The van der Waals surface area contributed by atoms with Crippen LogP contribution < -0.4 is 5.32 Å². The van der Waals surface area contributed by atoms with Gasteiger partial charge >= 0.3 is 5.97 Å². The number of nitrogens with one attached hydrogen (secondary N) is 1. The van der Waals surface area contributed by atoms with E-state index in [1.165, 1.54) is 12.8 Å². The van der Waals surface area contributed by atoms with E-state index >= 15 is 0 Å². The Kier molecular flexibility index (Phi) is 3.27. The molecule has 0 aliphatic heterocycles. The van der Waals surface area contributed by atoms with Gasteiger partial charge in [0.05, 0.1) is 5.41 Å². The Labute approximate surface area is 124 Å². The average Bonchev–Trinajstić information content (AvgIpc) is 3.29. The topological polar surface area (TPSA) is 66.4 Å². The molecule has 2 aliphatic rings. The number of carboxylic acids is 1. The molecule has 21 heavy (non-hydrogen) atoms. The number of amides is 1. The van der Waals surface area contributed by atoms with Crippen LogP contribution in [0.1, 0.15) is 38.7 Å². The predicted octanol–water partition coefficient (Wildman–Crippen LogP) is 3.03. The van der Waals surface area contributed by atoms with Gasteiger partial charge in [0.25, 0.3) is 0 Å². The fraction of sp³-hybridized carbons (Fsp3) is 0.529. The van der Waals surface area contributed by atoms with Gasteiger partial charge in [0.2, 0.25) is 5.91 Å². The van der Waals surface area contributed by atoms with Crippen LogP contribution in [-0.2, 0) is 15.0 Å². The van der Waals surface area contributed by atoms with Gasteiger partial charge in [-0.15, -0.1) is 0 Å². The van der Waals surface area contributed by atoms with Crippen molar-refractivity contribution in [3.05, 3.63) is 29.8 Å². The minimum absolute atomic E-state index is 0.108. The lowest BCUT2D eigenvalue weighted by Gasteiger charge is -2.19. The Bertz CT molecular complexity index is 572. The van der Waals surface area contributed by atoms with E-state index in [0.717, 1.165) is 23.6 Å². The van der Waals surface area contributed by atoms with E-state index in [4.69, 9.17) is 0 Å². The number of carbonyl (C=O) groups is 2. The van der Waals surface area contributed by atoms with Crippen molar-refractivity contribution in [2.45, 2.75) is 38.5 Å². The van der Waals surface area contributed by atoms with Gasteiger partial charge in [-0.1, -0.05) is 12.1 Å². The number of benzene rings is 1. The van der Waals surface area contributed by atoms with Gasteiger partial charge in [-0.05, 0) is 62.6 Å². The SMILES string of the molecule is CC(C)(C(=O)O)c1ccc(NC(=O)C2CC2C2CC2)cc1. The van der Waals surface area contributed by atoms with E-state index in [0.29, 0.717) is 5.92 Å². The number of anilines is 1. The third-order valence-corrected chi connectivity index (χ3v) is 4.81. The third-order valence-electron chi connectivity index (χ3n) is 4.81. The molecule has 0 saturated heterocycles. The number of hydrogen-bond donors (Lipinski definition) is 2. The molecule has 4 heteroatoms. The van der Waals surface area contributed by atoms with Gasteiger partial charge in [0.1, 0.15) is 0 Å². The lowest BCUT2D eigenvalue weighted by molar-refractivity contribution is -0.142. The number of aliphatic carboxylic acids is 1. The molecule has 2 atom stereocenters. The smallest absolute Gasteiger partial charge is 0.313 e. The van der Waals surface area contributed by atoms with Crippen LogP contribution in [0, 0.1) is 17.8 Å². The summed E-state index contributed by atoms with van der Waals surface area (Å²) in [6.45, 7) is 3.35. The molecule has 0 aromatic heterocycles. The quantitative estimate of drug-likeness (QED) is 0.874. The Balaban J connectivity index is 1.62. The summed E-state index contributed by atoms with van der Waals surface area (Å²) < 4.78 is 0. The summed E-state index contributed by atoms with van der Waals surface area (Å²) in [6.07, 6.45) is 3.60. The van der Waals surface area contributed by atoms with Crippen LogP contribution in [0.4, 0.5) is 5.69 Å². The van der Waals surface area contributed by atoms with Crippen LogP contribution in [0.2, 0.25) is 0 Å². The largest absolute Gasteiger partial charge is 0.481 e. The molecule has 2 N–H and O–H groups in total. The summed E-state index contributed by atoms with van der Waals surface area (Å²) >= 11 is 0. The highest BCUT2D eigenvalue weighted by atomic mass is 16.4. The first-order chi connectivity index (χ1) is 9.89. The zero-order chi connectivity index (χ0) is 15.2. The standard InChI is InChI=1S/C17H21NO3/c1-17(2,16(20)21)11-5-7-12(8-6-11)18-15(19)14-9-13(14)10-3-4-10/h5-8,10,13-14H,3-4,9H2,1-2H3,(H,18,19)(H,20,21). The zero-order valence-electron chi connectivity index (χ0n) is 12.4. The van der Waals surface area contributed by atoms with E-state index in [2.05, 4.69) is 5.32 Å². The molecular weight excluding hydrogens is 266 g/mol. The highest BCUT2D eigenvalue weighted by molar-refractivity contribution is 5.94.